The number of nitrogens with zero attached hydrogens (tertiary/aromatic N) is 2. The molecule has 4 N–H and O–H groups in total. The highest BCUT2D eigenvalue weighted by Crippen LogP contribution is 2.29. The number of rotatable bonds is 7. The van der Waals surface area contributed by atoms with E-state index in [0.29, 0.717) is 29.4 Å². The average Bonchev–Trinajstić information content (AvgIpc) is 2.67. The molecule has 1 heterocycles. The maximum Gasteiger partial charge on any atom is 0.389 e. The lowest BCUT2D eigenvalue weighted by Gasteiger charge is -2.21. The molecule has 0 amide bonds. The molecule has 10 heteroatoms. The predicted octanol–water partition coefficient (Wildman–Crippen LogP) is 5.09. The Morgan fingerprint density at radius 2 is 1.86 bits per heavy atom. The zero-order valence-corrected chi connectivity index (χ0v) is 17.9. The first-order valence-electron chi connectivity index (χ1n) is 8.61. The van der Waals surface area contributed by atoms with Crippen molar-refractivity contribution in [3.8, 4) is 11.6 Å². The Balaban J connectivity index is 0.00000143. The second-order valence-electron chi connectivity index (χ2n) is 5.49. The van der Waals surface area contributed by atoms with E-state index in [1.54, 1.807) is 42.6 Å². The number of hydrazine groups is 1. The van der Waals surface area contributed by atoms with Crippen LogP contribution in [-0.4, -0.2) is 29.8 Å². The highest BCUT2D eigenvalue weighted by Gasteiger charge is 2.25. The first-order chi connectivity index (χ1) is 13.8. The topological polar surface area (TPSA) is 94.5 Å². The van der Waals surface area contributed by atoms with Crippen LogP contribution in [0.15, 0.2) is 42.6 Å². The van der Waals surface area contributed by atoms with Crippen LogP contribution in [0.4, 0.5) is 24.5 Å². The van der Waals surface area contributed by atoms with Crippen LogP contribution in [0.5, 0.6) is 11.6 Å². The number of carbonyl (C=O) groups is 1. The summed E-state index contributed by atoms with van der Waals surface area (Å²) in [4.78, 5) is 12.8. The van der Waals surface area contributed by atoms with Crippen LogP contribution in [0.25, 0.3) is 0 Å². The molecule has 0 aliphatic rings. The molecule has 162 valence electrons. The summed E-state index contributed by atoms with van der Waals surface area (Å²) in [7, 11) is 0. The lowest BCUT2D eigenvalue weighted by atomic mass is 10.2. The van der Waals surface area contributed by atoms with Crippen molar-refractivity contribution < 1.29 is 22.7 Å². The minimum atomic E-state index is -4.14. The molecule has 0 atom stereocenters. The summed E-state index contributed by atoms with van der Waals surface area (Å²) < 4.78 is 41.9. The second kappa shape index (κ2) is 14.6. The summed E-state index contributed by atoms with van der Waals surface area (Å²) >= 11 is 2.94. The van der Waals surface area contributed by atoms with E-state index < -0.39 is 12.6 Å². The van der Waals surface area contributed by atoms with Crippen LogP contribution in [-0.2, 0) is 4.79 Å². The van der Waals surface area contributed by atoms with Gasteiger partial charge in [-0.25, -0.2) is 10.8 Å². The number of unbranched alkanes of at least 4 members (excludes halogenated alkanes) is 1. The molecule has 0 aliphatic carbocycles. The number of hydrogen-bond donors (Lipinski definition) is 2. The Bertz CT molecular complexity index is 704. The molecule has 0 aliphatic heterocycles. The Morgan fingerprint density at radius 3 is 2.38 bits per heavy atom. The molecular formula is C19H26BrF3N4O2. The van der Waals surface area contributed by atoms with Gasteiger partial charge in [-0.2, -0.15) is 13.2 Å². The molecule has 1 aromatic heterocycles. The van der Waals surface area contributed by atoms with Crippen molar-refractivity contribution in [3.05, 3.63) is 42.6 Å². The largest absolute Gasteiger partial charge is 0.439 e. The molecule has 0 spiro atoms. The average molecular weight is 479 g/mol. The molecular weight excluding hydrogens is 453 g/mol. The Hall–Kier alpha value is -2.33. The fourth-order valence-corrected chi connectivity index (χ4v) is 2.11. The predicted molar refractivity (Wildman–Crippen MR) is 113 cm³/mol. The smallest absolute Gasteiger partial charge is 0.389 e. The van der Waals surface area contributed by atoms with Gasteiger partial charge in [0, 0.05) is 31.3 Å². The fourth-order valence-electron chi connectivity index (χ4n) is 2.11. The zero-order chi connectivity index (χ0) is 22.3. The maximum absolute atomic E-state index is 12.1. The molecule has 0 bridgehead atoms. The van der Waals surface area contributed by atoms with Gasteiger partial charge in [0.15, 0.2) is 0 Å². The second-order valence-corrected chi connectivity index (χ2v) is 5.49. The Kier molecular flexibility index (Phi) is 13.5. The normalized spacial score (nSPS) is 10.0. The van der Waals surface area contributed by atoms with Crippen molar-refractivity contribution in [2.75, 3.05) is 23.1 Å². The van der Waals surface area contributed by atoms with E-state index in [1.807, 2.05) is 5.83 Å². The van der Waals surface area contributed by atoms with Gasteiger partial charge in [0.2, 0.25) is 5.88 Å². The van der Waals surface area contributed by atoms with Gasteiger partial charge >= 0.3 is 6.18 Å². The highest BCUT2D eigenvalue weighted by atomic mass is 79.9. The van der Waals surface area contributed by atoms with E-state index in [1.165, 1.54) is 11.9 Å². The SMILES string of the molecule is CBr.CC=O.Nc1cc(Oc2ccccn2)ccc1N(N)CCCCC(F)(F)F. The van der Waals surface area contributed by atoms with E-state index in [2.05, 4.69) is 20.9 Å². The highest BCUT2D eigenvalue weighted by molar-refractivity contribution is 9.08. The summed E-state index contributed by atoms with van der Waals surface area (Å²) in [6, 6.07) is 10.2. The first kappa shape index (κ1) is 26.7. The van der Waals surface area contributed by atoms with Gasteiger partial charge in [0.25, 0.3) is 0 Å². The number of benzene rings is 1. The van der Waals surface area contributed by atoms with Gasteiger partial charge in [-0.1, -0.05) is 22.0 Å². The number of nitrogen functional groups attached to an aromatic ring is 1. The molecule has 29 heavy (non-hydrogen) atoms. The minimum Gasteiger partial charge on any atom is -0.439 e. The van der Waals surface area contributed by atoms with Crippen LogP contribution in [0.1, 0.15) is 26.2 Å². The summed E-state index contributed by atoms with van der Waals surface area (Å²) in [5.74, 6) is 8.61. The fraction of sp³-hybridized carbons (Fsp3) is 0.368. The van der Waals surface area contributed by atoms with Crippen molar-refractivity contribution in [2.24, 2.45) is 5.84 Å². The van der Waals surface area contributed by atoms with Crippen molar-refractivity contribution in [3.63, 3.8) is 0 Å². The maximum atomic E-state index is 12.1. The monoisotopic (exact) mass is 478 g/mol. The molecule has 2 aromatic rings. The standard InChI is InChI=1S/C16H19F3N4O.C2H4O.CH3Br/c17-16(18,19)8-2-4-10-23(21)14-7-6-12(11-13(14)20)24-15-5-1-3-9-22-15;1-2-3;1-2/h1,3,5-7,9,11H,2,4,8,10,20-21H2;2H,1H3;1H3. The van der Waals surface area contributed by atoms with Crippen molar-refractivity contribution in [2.45, 2.75) is 32.4 Å². The number of ether oxygens (including phenoxy) is 1. The molecule has 0 saturated carbocycles. The lowest BCUT2D eigenvalue weighted by Crippen LogP contribution is -2.32. The van der Waals surface area contributed by atoms with E-state index in [-0.39, 0.29) is 13.0 Å². The van der Waals surface area contributed by atoms with E-state index in [4.69, 9.17) is 21.1 Å². The lowest BCUT2D eigenvalue weighted by molar-refractivity contribution is -0.135. The van der Waals surface area contributed by atoms with Crippen LogP contribution < -0.4 is 21.3 Å². The van der Waals surface area contributed by atoms with E-state index in [0.717, 1.165) is 6.29 Å². The molecule has 0 unspecified atom stereocenters. The number of anilines is 2. The number of carbonyl (C=O) groups excluding carboxylic acids is 1. The molecule has 2 rings (SSSR count). The quantitative estimate of drug-likeness (QED) is 0.144. The van der Waals surface area contributed by atoms with Crippen LogP contribution in [0.2, 0.25) is 0 Å². The van der Waals surface area contributed by atoms with Gasteiger partial charge in [-0.3, -0.25) is 0 Å². The molecule has 1 aromatic carbocycles. The third-order valence-electron chi connectivity index (χ3n) is 3.28. The van der Waals surface area contributed by atoms with Crippen molar-refractivity contribution in [1.82, 2.24) is 4.98 Å². The van der Waals surface area contributed by atoms with Crippen LogP contribution in [0.3, 0.4) is 0 Å². The summed E-state index contributed by atoms with van der Waals surface area (Å²) in [6.45, 7) is 1.72. The number of aldehydes is 1. The Morgan fingerprint density at radius 1 is 1.21 bits per heavy atom. The zero-order valence-electron chi connectivity index (χ0n) is 16.3. The number of aromatic nitrogens is 1. The van der Waals surface area contributed by atoms with Gasteiger partial charge in [0.05, 0.1) is 11.4 Å². The number of nitrogens with two attached hydrogens (primary N) is 2. The number of halogens is 4. The molecule has 0 fully saturated rings. The minimum absolute atomic E-state index is 0.0258. The van der Waals surface area contributed by atoms with E-state index >= 15 is 0 Å². The summed E-state index contributed by atoms with van der Waals surface area (Å²) in [5, 5.41) is 1.34. The summed E-state index contributed by atoms with van der Waals surface area (Å²) in [6.07, 6.45) is -2.24. The van der Waals surface area contributed by atoms with E-state index in [9.17, 15) is 13.2 Å². The van der Waals surface area contributed by atoms with Gasteiger partial charge in [-0.05, 0) is 43.8 Å². The van der Waals surface area contributed by atoms with Crippen molar-refractivity contribution >= 4 is 33.6 Å². The summed E-state index contributed by atoms with van der Waals surface area (Å²) in [5.41, 5.74) is 6.86. The third kappa shape index (κ3) is 12.0. The number of pyridine rings is 1. The van der Waals surface area contributed by atoms with Gasteiger partial charge < -0.3 is 20.3 Å². The number of hydrogen-bond acceptors (Lipinski definition) is 6. The van der Waals surface area contributed by atoms with Crippen molar-refractivity contribution in [1.29, 1.82) is 0 Å². The van der Waals surface area contributed by atoms with Gasteiger partial charge in [-0.15, -0.1) is 0 Å². The number of alkyl halides is 4. The molecule has 6 nitrogen and oxygen atoms in total. The first-order valence-corrected chi connectivity index (χ1v) is 10.2. The van der Waals surface area contributed by atoms with Crippen LogP contribution >= 0.6 is 15.9 Å². The molecule has 0 radical (unpaired) electrons. The third-order valence-corrected chi connectivity index (χ3v) is 3.28. The molecule has 0 saturated heterocycles. The van der Waals surface area contributed by atoms with Gasteiger partial charge in [0.1, 0.15) is 12.0 Å². The Labute approximate surface area is 177 Å². The van der Waals surface area contributed by atoms with Crippen LogP contribution in [0, 0.1) is 0 Å².